The lowest BCUT2D eigenvalue weighted by Gasteiger charge is -1.94. The molecule has 62 valence electrons. The van der Waals surface area contributed by atoms with Crippen molar-refractivity contribution in [3.63, 3.8) is 0 Å². The average molecular weight is 152 g/mol. The van der Waals surface area contributed by atoms with Crippen molar-refractivity contribution in [2.75, 3.05) is 6.54 Å². The number of hydrogen-bond acceptors (Lipinski definition) is 2. The monoisotopic (exact) mass is 152 g/mol. The summed E-state index contributed by atoms with van der Waals surface area (Å²) < 4.78 is 0. The number of nitrogens with two attached hydrogens (primary N) is 2. The van der Waals surface area contributed by atoms with Crippen LogP contribution in [0, 0.1) is 0 Å². The van der Waals surface area contributed by atoms with E-state index in [4.69, 9.17) is 11.5 Å². The summed E-state index contributed by atoms with van der Waals surface area (Å²) in [7, 11) is 0. The van der Waals surface area contributed by atoms with Gasteiger partial charge in [-0.25, -0.2) is 0 Å². The SMILES string of the molecule is C=C/C(N)=C\C=C(/C)CCN. The lowest BCUT2D eigenvalue weighted by molar-refractivity contribution is 0.950. The van der Waals surface area contributed by atoms with Crippen LogP contribution >= 0.6 is 0 Å². The normalized spacial score (nSPS) is 13.3. The Kier molecular flexibility index (Phi) is 5.21. The molecule has 2 nitrogen and oxygen atoms in total. The van der Waals surface area contributed by atoms with Crippen molar-refractivity contribution >= 4 is 0 Å². The van der Waals surface area contributed by atoms with Gasteiger partial charge in [0.25, 0.3) is 0 Å². The highest BCUT2D eigenvalue weighted by Gasteiger charge is 1.84. The van der Waals surface area contributed by atoms with E-state index in [1.807, 2.05) is 19.1 Å². The Labute approximate surface area is 68.3 Å². The van der Waals surface area contributed by atoms with E-state index in [0.29, 0.717) is 12.2 Å². The number of rotatable bonds is 4. The van der Waals surface area contributed by atoms with Gasteiger partial charge in [-0.15, -0.1) is 0 Å². The summed E-state index contributed by atoms with van der Waals surface area (Å²) in [6.07, 6.45) is 6.33. The van der Waals surface area contributed by atoms with Crippen LogP contribution in [0.25, 0.3) is 0 Å². The Balaban J connectivity index is 3.99. The fraction of sp³-hybridized carbons (Fsp3) is 0.333. The molecule has 0 unspecified atom stereocenters. The highest BCUT2D eigenvalue weighted by molar-refractivity contribution is 5.21. The van der Waals surface area contributed by atoms with Gasteiger partial charge in [0, 0.05) is 5.70 Å². The first-order valence-corrected chi connectivity index (χ1v) is 3.66. The van der Waals surface area contributed by atoms with E-state index in [2.05, 4.69) is 6.58 Å². The zero-order valence-corrected chi connectivity index (χ0v) is 7.01. The van der Waals surface area contributed by atoms with Crippen molar-refractivity contribution in [3.05, 3.63) is 36.1 Å². The molecule has 0 amide bonds. The van der Waals surface area contributed by atoms with E-state index in [0.717, 1.165) is 6.42 Å². The van der Waals surface area contributed by atoms with E-state index in [-0.39, 0.29) is 0 Å². The average Bonchev–Trinajstić information content (AvgIpc) is 2.01. The zero-order valence-electron chi connectivity index (χ0n) is 7.01. The summed E-state index contributed by atoms with van der Waals surface area (Å²) in [6.45, 7) is 6.25. The minimum atomic E-state index is 0.682. The maximum absolute atomic E-state index is 5.48. The van der Waals surface area contributed by atoms with E-state index >= 15 is 0 Å². The molecule has 0 radical (unpaired) electrons. The topological polar surface area (TPSA) is 52.0 Å². The molecule has 0 aromatic carbocycles. The first-order valence-electron chi connectivity index (χ1n) is 3.66. The molecule has 0 spiro atoms. The van der Waals surface area contributed by atoms with Crippen LogP contribution in [0.3, 0.4) is 0 Å². The van der Waals surface area contributed by atoms with Crippen LogP contribution in [0.2, 0.25) is 0 Å². The van der Waals surface area contributed by atoms with Gasteiger partial charge in [-0.2, -0.15) is 0 Å². The van der Waals surface area contributed by atoms with Crippen LogP contribution in [0.4, 0.5) is 0 Å². The third kappa shape index (κ3) is 5.43. The number of hydrogen-bond donors (Lipinski definition) is 2. The molecule has 0 bridgehead atoms. The van der Waals surface area contributed by atoms with Crippen molar-refractivity contribution < 1.29 is 0 Å². The van der Waals surface area contributed by atoms with Gasteiger partial charge in [0.1, 0.15) is 0 Å². The minimum Gasteiger partial charge on any atom is -0.399 e. The van der Waals surface area contributed by atoms with Gasteiger partial charge in [0.2, 0.25) is 0 Å². The summed E-state index contributed by atoms with van der Waals surface area (Å²) in [5.41, 5.74) is 12.8. The summed E-state index contributed by atoms with van der Waals surface area (Å²) in [5, 5.41) is 0. The van der Waals surface area contributed by atoms with Crippen LogP contribution in [0.1, 0.15) is 13.3 Å². The molecule has 0 aromatic rings. The minimum absolute atomic E-state index is 0.682. The van der Waals surface area contributed by atoms with Crippen molar-refractivity contribution in [2.24, 2.45) is 11.5 Å². The molecule has 0 aliphatic heterocycles. The molecule has 0 aromatic heterocycles. The zero-order chi connectivity index (χ0) is 8.69. The second-order valence-electron chi connectivity index (χ2n) is 2.42. The van der Waals surface area contributed by atoms with Crippen LogP contribution in [0.5, 0.6) is 0 Å². The van der Waals surface area contributed by atoms with Crippen LogP contribution in [-0.2, 0) is 0 Å². The molecule has 11 heavy (non-hydrogen) atoms. The fourth-order valence-corrected chi connectivity index (χ4v) is 0.618. The lowest BCUT2D eigenvalue weighted by Crippen LogP contribution is -1.98. The van der Waals surface area contributed by atoms with Gasteiger partial charge in [-0.3, -0.25) is 0 Å². The Morgan fingerprint density at radius 3 is 2.55 bits per heavy atom. The molecule has 0 aliphatic rings. The largest absolute Gasteiger partial charge is 0.399 e. The second kappa shape index (κ2) is 5.74. The first-order chi connectivity index (χ1) is 5.20. The third-order valence-corrected chi connectivity index (χ3v) is 1.33. The first kappa shape index (κ1) is 9.98. The highest BCUT2D eigenvalue weighted by Crippen LogP contribution is 1.98. The smallest absolute Gasteiger partial charge is 0.0308 e. The molecule has 0 rings (SSSR count). The summed E-state index contributed by atoms with van der Waals surface area (Å²) in [4.78, 5) is 0. The molecular formula is C9H16N2. The Bertz CT molecular complexity index is 178. The summed E-state index contributed by atoms with van der Waals surface area (Å²) in [5.74, 6) is 0. The Morgan fingerprint density at radius 2 is 2.09 bits per heavy atom. The van der Waals surface area contributed by atoms with Crippen LogP contribution < -0.4 is 11.5 Å². The Hall–Kier alpha value is -1.02. The Morgan fingerprint density at radius 1 is 1.45 bits per heavy atom. The predicted molar refractivity (Wildman–Crippen MR) is 49.9 cm³/mol. The standard InChI is InChI=1S/C9H16N2/c1-3-9(11)5-4-8(2)6-7-10/h3-5H,1,6-7,10-11H2,2H3/b8-4+,9-5+. The number of allylic oxidation sites excluding steroid dienone is 3. The van der Waals surface area contributed by atoms with E-state index < -0.39 is 0 Å². The molecule has 0 heterocycles. The quantitative estimate of drug-likeness (QED) is 0.597. The van der Waals surface area contributed by atoms with Crippen LogP contribution in [0.15, 0.2) is 36.1 Å². The van der Waals surface area contributed by atoms with Gasteiger partial charge < -0.3 is 11.5 Å². The van der Waals surface area contributed by atoms with E-state index in [1.54, 1.807) is 6.08 Å². The molecule has 0 aliphatic carbocycles. The maximum Gasteiger partial charge on any atom is 0.0308 e. The van der Waals surface area contributed by atoms with E-state index in [9.17, 15) is 0 Å². The van der Waals surface area contributed by atoms with Gasteiger partial charge in [0.15, 0.2) is 0 Å². The lowest BCUT2D eigenvalue weighted by atomic mass is 10.2. The van der Waals surface area contributed by atoms with Gasteiger partial charge >= 0.3 is 0 Å². The maximum atomic E-state index is 5.48. The molecule has 4 N–H and O–H groups in total. The van der Waals surface area contributed by atoms with Gasteiger partial charge in [-0.1, -0.05) is 18.2 Å². The molecular weight excluding hydrogens is 136 g/mol. The van der Waals surface area contributed by atoms with Crippen molar-refractivity contribution in [2.45, 2.75) is 13.3 Å². The molecule has 0 saturated heterocycles. The van der Waals surface area contributed by atoms with Crippen molar-refractivity contribution in [1.29, 1.82) is 0 Å². The summed E-state index contributed by atoms with van der Waals surface area (Å²) >= 11 is 0. The third-order valence-electron chi connectivity index (χ3n) is 1.33. The highest BCUT2D eigenvalue weighted by atomic mass is 14.5. The molecule has 0 fully saturated rings. The van der Waals surface area contributed by atoms with Crippen molar-refractivity contribution in [3.8, 4) is 0 Å². The predicted octanol–water partition coefficient (Wildman–Crippen LogP) is 1.31. The van der Waals surface area contributed by atoms with Crippen molar-refractivity contribution in [1.82, 2.24) is 0 Å². The molecule has 0 saturated carbocycles. The fourth-order valence-electron chi connectivity index (χ4n) is 0.618. The van der Waals surface area contributed by atoms with Gasteiger partial charge in [0.05, 0.1) is 0 Å². The second-order valence-corrected chi connectivity index (χ2v) is 2.42. The van der Waals surface area contributed by atoms with Crippen LogP contribution in [-0.4, -0.2) is 6.54 Å². The summed E-state index contributed by atoms with van der Waals surface area (Å²) in [6, 6.07) is 0. The van der Waals surface area contributed by atoms with E-state index in [1.165, 1.54) is 5.57 Å². The molecule has 0 atom stereocenters. The molecule has 2 heteroatoms. The van der Waals surface area contributed by atoms with Gasteiger partial charge in [-0.05, 0) is 32.0 Å².